The van der Waals surface area contributed by atoms with Crippen molar-refractivity contribution in [2.75, 3.05) is 11.4 Å². The van der Waals surface area contributed by atoms with Crippen molar-refractivity contribution < 1.29 is 9.90 Å². The fourth-order valence-corrected chi connectivity index (χ4v) is 2.71. The van der Waals surface area contributed by atoms with Gasteiger partial charge in [-0.1, -0.05) is 28.1 Å². The number of carboxylic acids is 1. The monoisotopic (exact) mass is 336 g/mol. The molecule has 1 heterocycles. The van der Waals surface area contributed by atoms with E-state index in [1.807, 2.05) is 43.0 Å². The normalized spacial score (nSPS) is 11.0. The predicted octanol–water partition coefficient (Wildman–Crippen LogP) is 3.69. The summed E-state index contributed by atoms with van der Waals surface area (Å²) in [6.07, 6.45) is 1.86. The molecule has 5 heteroatoms. The molecule has 0 radical (unpaired) electrons. The van der Waals surface area contributed by atoms with E-state index in [4.69, 9.17) is 5.11 Å². The van der Waals surface area contributed by atoms with Crippen molar-refractivity contribution in [3.05, 3.63) is 34.9 Å². The minimum absolute atomic E-state index is 0.101. The molecule has 0 spiro atoms. The second kappa shape index (κ2) is 6.22. The largest absolute Gasteiger partial charge is 0.481 e. The lowest BCUT2D eigenvalue weighted by Gasteiger charge is -2.28. The molecule has 106 valence electrons. The summed E-state index contributed by atoms with van der Waals surface area (Å²) < 4.78 is 1.01. The van der Waals surface area contributed by atoms with Gasteiger partial charge in [-0.05, 0) is 26.0 Å². The molecule has 1 aromatic carbocycles. The lowest BCUT2D eigenvalue weighted by atomic mass is 10.1. The van der Waals surface area contributed by atoms with Crippen LogP contribution in [-0.4, -0.2) is 28.6 Å². The molecule has 0 unspecified atom stereocenters. The van der Waals surface area contributed by atoms with Crippen molar-refractivity contribution in [1.29, 1.82) is 0 Å². The van der Waals surface area contributed by atoms with Crippen molar-refractivity contribution in [2.24, 2.45) is 0 Å². The molecule has 2 aromatic rings. The van der Waals surface area contributed by atoms with E-state index < -0.39 is 5.97 Å². The van der Waals surface area contributed by atoms with Crippen LogP contribution in [0.25, 0.3) is 10.8 Å². The number of rotatable bonds is 5. The smallest absolute Gasteiger partial charge is 0.305 e. The first-order valence-electron chi connectivity index (χ1n) is 6.52. The van der Waals surface area contributed by atoms with Crippen LogP contribution < -0.4 is 4.90 Å². The van der Waals surface area contributed by atoms with Gasteiger partial charge in [0.1, 0.15) is 5.82 Å². The first-order valence-corrected chi connectivity index (χ1v) is 7.31. The number of nitrogens with zero attached hydrogens (tertiary/aromatic N) is 2. The van der Waals surface area contributed by atoms with Gasteiger partial charge < -0.3 is 10.0 Å². The highest BCUT2D eigenvalue weighted by atomic mass is 79.9. The summed E-state index contributed by atoms with van der Waals surface area (Å²) in [6.45, 7) is 4.53. The highest BCUT2D eigenvalue weighted by Gasteiger charge is 2.16. The number of fused-ring (bicyclic) bond motifs is 1. The predicted molar refractivity (Wildman–Crippen MR) is 84.2 cm³/mol. The van der Waals surface area contributed by atoms with Gasteiger partial charge in [0.25, 0.3) is 0 Å². The van der Waals surface area contributed by atoms with Crippen LogP contribution in [0.15, 0.2) is 34.9 Å². The minimum atomic E-state index is -0.794. The van der Waals surface area contributed by atoms with Crippen LogP contribution in [0.1, 0.15) is 20.3 Å². The molecule has 1 N–H and O–H groups in total. The van der Waals surface area contributed by atoms with Gasteiger partial charge >= 0.3 is 5.97 Å². The number of benzene rings is 1. The maximum Gasteiger partial charge on any atom is 0.305 e. The molecule has 4 nitrogen and oxygen atoms in total. The summed E-state index contributed by atoms with van der Waals surface area (Å²) in [5.74, 6) is 0.0390. The van der Waals surface area contributed by atoms with Crippen LogP contribution in [0, 0.1) is 0 Å². The number of halogens is 1. The third-order valence-electron chi connectivity index (χ3n) is 3.19. The number of hydrogen-bond donors (Lipinski definition) is 1. The maximum absolute atomic E-state index is 10.8. The van der Waals surface area contributed by atoms with E-state index in [1.54, 1.807) is 6.20 Å². The number of pyridine rings is 1. The first kappa shape index (κ1) is 14.8. The Balaban J connectivity index is 2.48. The highest BCUT2D eigenvalue weighted by Crippen LogP contribution is 2.30. The van der Waals surface area contributed by atoms with Crippen LogP contribution in [0.2, 0.25) is 0 Å². The Kier molecular flexibility index (Phi) is 4.60. The topological polar surface area (TPSA) is 53.4 Å². The molecule has 0 aliphatic carbocycles. The summed E-state index contributed by atoms with van der Waals surface area (Å²) in [4.78, 5) is 17.3. The Bertz CT molecular complexity index is 628. The van der Waals surface area contributed by atoms with Crippen LogP contribution in [0.4, 0.5) is 5.82 Å². The van der Waals surface area contributed by atoms with Gasteiger partial charge in [0.15, 0.2) is 0 Å². The lowest BCUT2D eigenvalue weighted by Crippen LogP contribution is -2.33. The third-order valence-corrected chi connectivity index (χ3v) is 3.89. The zero-order valence-corrected chi connectivity index (χ0v) is 13.1. The van der Waals surface area contributed by atoms with Crippen LogP contribution in [-0.2, 0) is 4.79 Å². The highest BCUT2D eigenvalue weighted by molar-refractivity contribution is 9.10. The van der Waals surface area contributed by atoms with Crippen LogP contribution in [0.3, 0.4) is 0 Å². The summed E-state index contributed by atoms with van der Waals surface area (Å²) in [7, 11) is 0. The molecule has 0 fully saturated rings. The molecule has 1 aromatic heterocycles. The Labute approximate surface area is 126 Å². The van der Waals surface area contributed by atoms with Gasteiger partial charge in [-0.15, -0.1) is 0 Å². The summed E-state index contributed by atoms with van der Waals surface area (Å²) in [5, 5.41) is 11.0. The molecule has 2 rings (SSSR count). The number of carboxylic acid groups (broad SMARTS) is 1. The summed E-state index contributed by atoms with van der Waals surface area (Å²) in [6, 6.07) is 8.11. The van der Waals surface area contributed by atoms with E-state index in [2.05, 4.69) is 20.9 Å². The Morgan fingerprint density at radius 2 is 2.10 bits per heavy atom. The Morgan fingerprint density at radius 3 is 2.75 bits per heavy atom. The molecule has 0 atom stereocenters. The molecular formula is C15H17BrN2O2. The van der Waals surface area contributed by atoms with E-state index in [0.29, 0.717) is 6.54 Å². The third kappa shape index (κ3) is 3.10. The lowest BCUT2D eigenvalue weighted by molar-refractivity contribution is -0.136. The van der Waals surface area contributed by atoms with Crippen molar-refractivity contribution in [3.8, 4) is 0 Å². The average molecular weight is 337 g/mol. The number of anilines is 1. The molecule has 20 heavy (non-hydrogen) atoms. The van der Waals surface area contributed by atoms with Crippen molar-refractivity contribution in [2.45, 2.75) is 26.3 Å². The first-order chi connectivity index (χ1) is 9.50. The standard InChI is InChI=1S/C15H17BrN2O2/c1-10(2)18(9-7-14(19)20)15-12-4-3-5-13(16)11(12)6-8-17-15/h3-6,8,10H,7,9H2,1-2H3,(H,19,20). The SMILES string of the molecule is CC(C)N(CCC(=O)O)c1nccc2c(Br)cccc12. The second-order valence-corrected chi connectivity index (χ2v) is 5.75. The average Bonchev–Trinajstić information content (AvgIpc) is 2.39. The number of aliphatic carboxylic acids is 1. The molecule has 0 saturated heterocycles. The Morgan fingerprint density at radius 1 is 1.35 bits per heavy atom. The molecule has 0 aliphatic rings. The van der Waals surface area contributed by atoms with Gasteiger partial charge in [0.05, 0.1) is 6.42 Å². The fraction of sp³-hybridized carbons (Fsp3) is 0.333. The van der Waals surface area contributed by atoms with Gasteiger partial charge in [0.2, 0.25) is 0 Å². The van der Waals surface area contributed by atoms with E-state index >= 15 is 0 Å². The zero-order valence-electron chi connectivity index (χ0n) is 11.5. The maximum atomic E-state index is 10.8. The zero-order chi connectivity index (χ0) is 14.7. The van der Waals surface area contributed by atoms with Crippen LogP contribution in [0.5, 0.6) is 0 Å². The molecule has 0 bridgehead atoms. The van der Waals surface area contributed by atoms with Crippen LogP contribution >= 0.6 is 15.9 Å². The molecule has 0 aliphatic heterocycles. The summed E-state index contributed by atoms with van der Waals surface area (Å²) in [5.41, 5.74) is 0. The number of carbonyl (C=O) groups is 1. The van der Waals surface area contributed by atoms with Crippen molar-refractivity contribution >= 4 is 38.5 Å². The van der Waals surface area contributed by atoms with Gasteiger partial charge in [0, 0.05) is 34.0 Å². The Hall–Kier alpha value is -1.62. The second-order valence-electron chi connectivity index (χ2n) is 4.90. The van der Waals surface area contributed by atoms with Gasteiger partial charge in [-0.3, -0.25) is 4.79 Å². The van der Waals surface area contributed by atoms with Gasteiger partial charge in [-0.25, -0.2) is 4.98 Å². The minimum Gasteiger partial charge on any atom is -0.481 e. The number of aromatic nitrogens is 1. The fourth-order valence-electron chi connectivity index (χ4n) is 2.21. The molecule has 0 saturated carbocycles. The molecular weight excluding hydrogens is 320 g/mol. The van der Waals surface area contributed by atoms with Gasteiger partial charge in [-0.2, -0.15) is 0 Å². The van der Waals surface area contributed by atoms with Crippen molar-refractivity contribution in [1.82, 2.24) is 4.98 Å². The quantitative estimate of drug-likeness (QED) is 0.904. The van der Waals surface area contributed by atoms with E-state index in [-0.39, 0.29) is 12.5 Å². The summed E-state index contributed by atoms with van der Waals surface area (Å²) >= 11 is 3.54. The number of hydrogen-bond acceptors (Lipinski definition) is 3. The molecule has 0 amide bonds. The van der Waals surface area contributed by atoms with E-state index in [1.165, 1.54) is 0 Å². The van der Waals surface area contributed by atoms with Crippen molar-refractivity contribution in [3.63, 3.8) is 0 Å². The van der Waals surface area contributed by atoms with E-state index in [0.717, 1.165) is 21.1 Å². The van der Waals surface area contributed by atoms with E-state index in [9.17, 15) is 4.79 Å².